The zero-order chi connectivity index (χ0) is 21.3. The van der Waals surface area contributed by atoms with Crippen molar-refractivity contribution in [3.05, 3.63) is 53.6 Å². The highest BCUT2D eigenvalue weighted by molar-refractivity contribution is 7.92. The van der Waals surface area contributed by atoms with Crippen LogP contribution in [0.15, 0.2) is 48.5 Å². The summed E-state index contributed by atoms with van der Waals surface area (Å²) in [6.45, 7) is 0.779. The molecule has 0 spiro atoms. The number of hydrogen-bond donors (Lipinski definition) is 1. The van der Waals surface area contributed by atoms with E-state index in [9.17, 15) is 13.2 Å². The van der Waals surface area contributed by atoms with Crippen LogP contribution in [-0.2, 0) is 14.8 Å². The number of nitrogens with zero attached hydrogens (tertiary/aromatic N) is 1. The predicted octanol–water partition coefficient (Wildman–Crippen LogP) is 3.09. The number of ether oxygens (including phenoxy) is 2. The average Bonchev–Trinajstić information content (AvgIpc) is 2.69. The fourth-order valence-electron chi connectivity index (χ4n) is 2.69. The van der Waals surface area contributed by atoms with Crippen LogP contribution < -0.4 is 19.1 Å². The molecule has 0 heterocycles. The Balaban J connectivity index is 1.80. The van der Waals surface area contributed by atoms with Crippen LogP contribution in [0.4, 0.5) is 5.69 Å². The minimum absolute atomic E-state index is 0.169. The summed E-state index contributed by atoms with van der Waals surface area (Å²) >= 11 is 6.00. The lowest BCUT2D eigenvalue weighted by molar-refractivity contribution is -0.121. The third-order valence-electron chi connectivity index (χ3n) is 4.04. The van der Waals surface area contributed by atoms with Crippen LogP contribution in [0.3, 0.4) is 0 Å². The number of carbonyl (C=O) groups excluding carboxylic acids is 1. The normalized spacial score (nSPS) is 11.0. The molecule has 2 rings (SSSR count). The lowest BCUT2D eigenvalue weighted by atomic mass is 10.2. The number of amides is 1. The molecule has 29 heavy (non-hydrogen) atoms. The van der Waals surface area contributed by atoms with Crippen LogP contribution in [0.25, 0.3) is 0 Å². The number of para-hydroxylation sites is 3. The van der Waals surface area contributed by atoms with Crippen molar-refractivity contribution in [1.82, 2.24) is 5.32 Å². The van der Waals surface area contributed by atoms with E-state index in [0.717, 1.165) is 6.26 Å². The van der Waals surface area contributed by atoms with E-state index in [4.69, 9.17) is 21.1 Å². The molecule has 7 nitrogen and oxygen atoms in total. The molecule has 0 fully saturated rings. The molecule has 0 unspecified atom stereocenters. The highest BCUT2D eigenvalue weighted by Gasteiger charge is 2.20. The number of carbonyl (C=O) groups is 1. The molecule has 1 N–H and O–H groups in total. The molecular weight excluding hydrogens is 416 g/mol. The maximum Gasteiger partial charge on any atom is 0.232 e. The molecule has 0 aliphatic rings. The van der Waals surface area contributed by atoms with E-state index >= 15 is 0 Å². The molecule has 2 aromatic rings. The predicted molar refractivity (Wildman–Crippen MR) is 114 cm³/mol. The molecule has 0 aliphatic carbocycles. The Kier molecular flexibility index (Phi) is 8.60. The van der Waals surface area contributed by atoms with Gasteiger partial charge in [-0.1, -0.05) is 35.9 Å². The van der Waals surface area contributed by atoms with E-state index in [1.807, 2.05) is 12.1 Å². The van der Waals surface area contributed by atoms with Gasteiger partial charge in [0.2, 0.25) is 15.9 Å². The Bertz CT molecular complexity index is 921. The second-order valence-corrected chi connectivity index (χ2v) is 8.55. The monoisotopic (exact) mass is 440 g/mol. The Labute approximate surface area is 176 Å². The van der Waals surface area contributed by atoms with Gasteiger partial charge in [-0.3, -0.25) is 9.10 Å². The number of hydrogen-bond acceptors (Lipinski definition) is 5. The quantitative estimate of drug-likeness (QED) is 0.543. The molecule has 0 aromatic heterocycles. The Morgan fingerprint density at radius 1 is 1.10 bits per heavy atom. The zero-order valence-corrected chi connectivity index (χ0v) is 18.0. The second kappa shape index (κ2) is 10.9. The van der Waals surface area contributed by atoms with E-state index in [1.54, 1.807) is 36.4 Å². The van der Waals surface area contributed by atoms with Gasteiger partial charge in [-0.25, -0.2) is 8.42 Å². The molecule has 2 aromatic carbocycles. The van der Waals surface area contributed by atoms with E-state index < -0.39 is 10.0 Å². The standard InChI is InChI=1S/C20H25ClN2O5S/c1-27-19-11-6-4-9-17(19)23(29(2,25)26)14-7-12-20(24)22-13-15-28-18-10-5-3-8-16(18)21/h3-6,8-11H,7,12-15H2,1-2H3,(H,22,24). The first-order valence-corrected chi connectivity index (χ1v) is 11.3. The fraction of sp³-hybridized carbons (Fsp3) is 0.350. The summed E-state index contributed by atoms with van der Waals surface area (Å²) in [5.41, 5.74) is 0.450. The molecule has 9 heteroatoms. The largest absolute Gasteiger partial charge is 0.495 e. The summed E-state index contributed by atoms with van der Waals surface area (Å²) in [7, 11) is -2.03. The van der Waals surface area contributed by atoms with Gasteiger partial charge < -0.3 is 14.8 Å². The summed E-state index contributed by atoms with van der Waals surface area (Å²) in [6, 6.07) is 14.0. The van der Waals surface area contributed by atoms with Crippen molar-refractivity contribution in [2.45, 2.75) is 12.8 Å². The summed E-state index contributed by atoms with van der Waals surface area (Å²) in [5.74, 6) is 0.837. The minimum Gasteiger partial charge on any atom is -0.495 e. The number of methoxy groups -OCH3 is 1. The highest BCUT2D eigenvalue weighted by atomic mass is 35.5. The maximum atomic E-state index is 12.2. The number of halogens is 1. The van der Waals surface area contributed by atoms with E-state index in [1.165, 1.54) is 11.4 Å². The molecule has 0 saturated heterocycles. The van der Waals surface area contributed by atoms with Gasteiger partial charge in [0, 0.05) is 13.0 Å². The Morgan fingerprint density at radius 2 is 1.76 bits per heavy atom. The zero-order valence-electron chi connectivity index (χ0n) is 16.4. The van der Waals surface area contributed by atoms with Gasteiger partial charge in [-0.15, -0.1) is 0 Å². The maximum absolute atomic E-state index is 12.2. The topological polar surface area (TPSA) is 84.9 Å². The van der Waals surface area contributed by atoms with Crippen LogP contribution in [0.5, 0.6) is 11.5 Å². The number of nitrogens with one attached hydrogen (secondary N) is 1. The van der Waals surface area contributed by atoms with E-state index in [0.29, 0.717) is 35.2 Å². The van der Waals surface area contributed by atoms with Crippen molar-refractivity contribution in [3.8, 4) is 11.5 Å². The molecule has 1 amide bonds. The first-order chi connectivity index (χ1) is 13.8. The van der Waals surface area contributed by atoms with Gasteiger partial charge in [-0.05, 0) is 30.7 Å². The summed E-state index contributed by atoms with van der Waals surface area (Å²) in [6.07, 6.45) is 1.68. The molecule has 0 radical (unpaired) electrons. The number of rotatable bonds is 11. The number of anilines is 1. The lowest BCUT2D eigenvalue weighted by Crippen LogP contribution is -2.33. The SMILES string of the molecule is COc1ccccc1N(CCCC(=O)NCCOc1ccccc1Cl)S(C)(=O)=O. The molecule has 0 saturated carbocycles. The number of sulfonamides is 1. The Morgan fingerprint density at radius 3 is 2.41 bits per heavy atom. The first kappa shape index (κ1) is 22.8. The van der Waals surface area contributed by atoms with Gasteiger partial charge >= 0.3 is 0 Å². The molecule has 158 valence electrons. The second-order valence-electron chi connectivity index (χ2n) is 6.24. The third-order valence-corrected chi connectivity index (χ3v) is 5.53. The van der Waals surface area contributed by atoms with Gasteiger partial charge in [-0.2, -0.15) is 0 Å². The lowest BCUT2D eigenvalue weighted by Gasteiger charge is -2.24. The van der Waals surface area contributed by atoms with Crippen molar-refractivity contribution >= 4 is 33.2 Å². The minimum atomic E-state index is -3.52. The van der Waals surface area contributed by atoms with Crippen molar-refractivity contribution in [2.75, 3.05) is 37.4 Å². The smallest absolute Gasteiger partial charge is 0.232 e. The van der Waals surface area contributed by atoms with Crippen molar-refractivity contribution < 1.29 is 22.7 Å². The molecule has 0 atom stereocenters. The highest BCUT2D eigenvalue weighted by Crippen LogP contribution is 2.29. The third kappa shape index (κ3) is 7.14. The molecule has 0 bridgehead atoms. The van der Waals surface area contributed by atoms with Crippen molar-refractivity contribution in [2.24, 2.45) is 0 Å². The fourth-order valence-corrected chi connectivity index (χ4v) is 3.84. The van der Waals surface area contributed by atoms with E-state index in [-0.39, 0.29) is 25.5 Å². The summed E-state index contributed by atoms with van der Waals surface area (Å²) in [4.78, 5) is 12.0. The van der Waals surface area contributed by atoms with Gasteiger partial charge in [0.15, 0.2) is 0 Å². The molecule has 0 aliphatic heterocycles. The van der Waals surface area contributed by atoms with Crippen LogP contribution in [-0.4, -0.2) is 47.4 Å². The summed E-state index contributed by atoms with van der Waals surface area (Å²) in [5, 5.41) is 3.26. The molecular formula is C20H25ClN2O5S. The number of benzene rings is 2. The van der Waals surface area contributed by atoms with Crippen LogP contribution in [0, 0.1) is 0 Å². The first-order valence-electron chi connectivity index (χ1n) is 9.07. The van der Waals surface area contributed by atoms with Gasteiger partial charge in [0.05, 0.1) is 30.6 Å². The van der Waals surface area contributed by atoms with Crippen molar-refractivity contribution in [3.63, 3.8) is 0 Å². The van der Waals surface area contributed by atoms with Gasteiger partial charge in [0.25, 0.3) is 0 Å². The van der Waals surface area contributed by atoms with E-state index in [2.05, 4.69) is 5.32 Å². The van der Waals surface area contributed by atoms with Crippen LogP contribution >= 0.6 is 11.6 Å². The average molecular weight is 441 g/mol. The van der Waals surface area contributed by atoms with Gasteiger partial charge in [0.1, 0.15) is 18.1 Å². The summed E-state index contributed by atoms with van der Waals surface area (Å²) < 4.78 is 36.4. The van der Waals surface area contributed by atoms with Crippen LogP contribution in [0.1, 0.15) is 12.8 Å². The van der Waals surface area contributed by atoms with Crippen molar-refractivity contribution in [1.29, 1.82) is 0 Å². The Hall–Kier alpha value is -2.45. The van der Waals surface area contributed by atoms with Crippen LogP contribution in [0.2, 0.25) is 5.02 Å².